The molecule has 4 nitrogen and oxygen atoms in total. The number of hydrogen-bond donors (Lipinski definition) is 1. The van der Waals surface area contributed by atoms with Crippen LogP contribution in [0.25, 0.3) is 0 Å². The number of rotatable bonds is 9. The van der Waals surface area contributed by atoms with Crippen molar-refractivity contribution in [1.82, 2.24) is 5.32 Å². The summed E-state index contributed by atoms with van der Waals surface area (Å²) in [5, 5.41) is 3.40. The van der Waals surface area contributed by atoms with E-state index in [0.717, 1.165) is 38.2 Å². The van der Waals surface area contributed by atoms with E-state index in [1.807, 2.05) is 23.1 Å². The Labute approximate surface area is 180 Å². The molecule has 0 aromatic heterocycles. The highest BCUT2D eigenvalue weighted by atomic mass is 16.5. The number of carbonyl (C=O) groups is 1. The number of anilines is 1. The number of unbranched alkanes of at least 4 members (excludes halogenated alkanes) is 3. The van der Waals surface area contributed by atoms with Crippen molar-refractivity contribution < 1.29 is 9.53 Å². The Hall–Kier alpha value is -2.17. The predicted molar refractivity (Wildman–Crippen MR) is 122 cm³/mol. The number of benzene rings is 2. The molecule has 1 amide bonds. The largest absolute Gasteiger partial charge is 0.376 e. The summed E-state index contributed by atoms with van der Waals surface area (Å²) >= 11 is 0. The third-order valence-electron chi connectivity index (χ3n) is 6.28. The van der Waals surface area contributed by atoms with Gasteiger partial charge >= 0.3 is 0 Å². The number of nitrogens with one attached hydrogen (secondary N) is 1. The van der Waals surface area contributed by atoms with E-state index < -0.39 is 0 Å². The molecule has 1 saturated heterocycles. The fraction of sp³-hybridized carbons (Fsp3) is 0.500. The lowest BCUT2D eigenvalue weighted by Gasteiger charge is -2.30. The van der Waals surface area contributed by atoms with E-state index in [0.29, 0.717) is 19.1 Å². The Balaban J connectivity index is 1.28. The van der Waals surface area contributed by atoms with Gasteiger partial charge in [-0.3, -0.25) is 4.79 Å². The lowest BCUT2D eigenvalue weighted by molar-refractivity contribution is -0.119. The molecule has 0 bridgehead atoms. The molecule has 1 atom stereocenters. The number of nitrogens with zero attached hydrogens (tertiary/aromatic N) is 1. The summed E-state index contributed by atoms with van der Waals surface area (Å²) in [5.41, 5.74) is 4.95. The average Bonchev–Trinajstić information content (AvgIpc) is 2.79. The third kappa shape index (κ3) is 5.71. The Kier molecular flexibility index (Phi) is 7.54. The second-order valence-corrected chi connectivity index (χ2v) is 8.58. The van der Waals surface area contributed by atoms with Crippen LogP contribution in [0, 0.1) is 0 Å². The van der Waals surface area contributed by atoms with Gasteiger partial charge in [-0.05, 0) is 48.4 Å². The Morgan fingerprint density at radius 2 is 1.83 bits per heavy atom. The lowest BCUT2D eigenvalue weighted by atomic mass is 9.96. The standard InChI is InChI=1S/C26H34N2O2/c29-26-15-14-23-13-12-21(8-4-1-2-7-11-24-19-27-16-17-30-24)18-25(23)28(26)20-22-9-5-3-6-10-22/h3,5-6,9-10,12-13,18,24,27H,1-2,4,7-8,11,14-17,19-20H2. The first-order valence-electron chi connectivity index (χ1n) is 11.6. The minimum atomic E-state index is 0.239. The van der Waals surface area contributed by atoms with Crippen LogP contribution in [0.3, 0.4) is 0 Å². The predicted octanol–water partition coefficient (Wildman–Crippen LogP) is 4.65. The molecule has 2 aliphatic heterocycles. The minimum absolute atomic E-state index is 0.239. The first kappa shape index (κ1) is 21.1. The molecule has 30 heavy (non-hydrogen) atoms. The molecule has 4 rings (SSSR count). The molecule has 2 aromatic rings. The third-order valence-corrected chi connectivity index (χ3v) is 6.28. The second-order valence-electron chi connectivity index (χ2n) is 8.58. The summed E-state index contributed by atoms with van der Waals surface area (Å²) in [7, 11) is 0. The second kappa shape index (κ2) is 10.7. The molecule has 1 N–H and O–H groups in total. The van der Waals surface area contributed by atoms with Crippen molar-refractivity contribution in [3.05, 3.63) is 65.2 Å². The van der Waals surface area contributed by atoms with Gasteiger partial charge in [0.15, 0.2) is 0 Å². The first-order valence-corrected chi connectivity index (χ1v) is 11.6. The van der Waals surface area contributed by atoms with Crippen molar-refractivity contribution >= 4 is 11.6 Å². The summed E-state index contributed by atoms with van der Waals surface area (Å²) in [5.74, 6) is 0.239. The van der Waals surface area contributed by atoms with Crippen LogP contribution >= 0.6 is 0 Å². The van der Waals surface area contributed by atoms with Crippen molar-refractivity contribution in [2.24, 2.45) is 0 Å². The van der Waals surface area contributed by atoms with Crippen LogP contribution in [0.2, 0.25) is 0 Å². The topological polar surface area (TPSA) is 41.6 Å². The SMILES string of the molecule is O=C1CCc2ccc(CCCCCCC3CNCCO3)cc2N1Cc1ccccc1. The van der Waals surface area contributed by atoms with Gasteiger partial charge in [0.2, 0.25) is 5.91 Å². The number of ether oxygens (including phenoxy) is 1. The fourth-order valence-corrected chi connectivity index (χ4v) is 4.54. The highest BCUT2D eigenvalue weighted by Crippen LogP contribution is 2.31. The van der Waals surface area contributed by atoms with Crippen molar-refractivity contribution in [2.45, 2.75) is 64.0 Å². The highest BCUT2D eigenvalue weighted by Gasteiger charge is 2.24. The lowest BCUT2D eigenvalue weighted by Crippen LogP contribution is -2.38. The number of carbonyl (C=O) groups excluding carboxylic acids is 1. The zero-order valence-corrected chi connectivity index (χ0v) is 17.9. The van der Waals surface area contributed by atoms with Crippen LogP contribution < -0.4 is 10.2 Å². The molecule has 4 heteroatoms. The fourth-order valence-electron chi connectivity index (χ4n) is 4.54. The van der Waals surface area contributed by atoms with Gasteiger partial charge in [0.1, 0.15) is 0 Å². The highest BCUT2D eigenvalue weighted by molar-refractivity contribution is 5.96. The van der Waals surface area contributed by atoms with E-state index in [-0.39, 0.29) is 5.91 Å². The van der Waals surface area contributed by atoms with Gasteiger partial charge in [0.05, 0.1) is 19.3 Å². The van der Waals surface area contributed by atoms with E-state index in [1.54, 1.807) is 0 Å². The quantitative estimate of drug-likeness (QED) is 0.617. The Morgan fingerprint density at radius 3 is 2.67 bits per heavy atom. The molecule has 2 aromatic carbocycles. The number of amides is 1. The van der Waals surface area contributed by atoms with Crippen LogP contribution in [0.15, 0.2) is 48.5 Å². The smallest absolute Gasteiger partial charge is 0.227 e. The Morgan fingerprint density at radius 1 is 0.967 bits per heavy atom. The zero-order chi connectivity index (χ0) is 20.6. The molecule has 1 unspecified atom stereocenters. The molecule has 1 fully saturated rings. The molecular weight excluding hydrogens is 372 g/mol. The van der Waals surface area contributed by atoms with Crippen LogP contribution in [0.5, 0.6) is 0 Å². The molecule has 0 aliphatic carbocycles. The van der Waals surface area contributed by atoms with Gasteiger partial charge in [0, 0.05) is 25.2 Å². The number of morpholine rings is 1. The average molecular weight is 407 g/mol. The van der Waals surface area contributed by atoms with Gasteiger partial charge in [0.25, 0.3) is 0 Å². The van der Waals surface area contributed by atoms with Gasteiger partial charge in [-0.2, -0.15) is 0 Å². The number of hydrogen-bond acceptors (Lipinski definition) is 3. The molecule has 2 heterocycles. The summed E-state index contributed by atoms with van der Waals surface area (Å²) in [4.78, 5) is 14.6. The number of fused-ring (bicyclic) bond motifs is 1. The molecule has 2 aliphatic rings. The maximum Gasteiger partial charge on any atom is 0.227 e. The maximum atomic E-state index is 12.6. The van der Waals surface area contributed by atoms with Crippen molar-refractivity contribution in [3.8, 4) is 0 Å². The van der Waals surface area contributed by atoms with Crippen LogP contribution in [-0.2, 0) is 28.9 Å². The van der Waals surface area contributed by atoms with Crippen LogP contribution in [0.1, 0.15) is 55.2 Å². The van der Waals surface area contributed by atoms with E-state index in [1.165, 1.54) is 48.8 Å². The van der Waals surface area contributed by atoms with Gasteiger partial charge < -0.3 is 15.0 Å². The van der Waals surface area contributed by atoms with E-state index in [2.05, 4.69) is 35.6 Å². The van der Waals surface area contributed by atoms with E-state index in [9.17, 15) is 4.79 Å². The van der Waals surface area contributed by atoms with Gasteiger partial charge in [-0.25, -0.2) is 0 Å². The van der Waals surface area contributed by atoms with Crippen molar-refractivity contribution in [2.75, 3.05) is 24.6 Å². The molecule has 0 spiro atoms. The maximum absolute atomic E-state index is 12.6. The Bertz CT molecular complexity index is 815. The summed E-state index contributed by atoms with van der Waals surface area (Å²) in [6.07, 6.45) is 9.10. The van der Waals surface area contributed by atoms with Gasteiger partial charge in [-0.1, -0.05) is 61.7 Å². The summed E-state index contributed by atoms with van der Waals surface area (Å²) in [6, 6.07) is 17.1. The first-order chi connectivity index (χ1) is 14.8. The minimum Gasteiger partial charge on any atom is -0.376 e. The molecular formula is C26H34N2O2. The van der Waals surface area contributed by atoms with Crippen molar-refractivity contribution in [3.63, 3.8) is 0 Å². The van der Waals surface area contributed by atoms with Gasteiger partial charge in [-0.15, -0.1) is 0 Å². The summed E-state index contributed by atoms with van der Waals surface area (Å²) < 4.78 is 5.77. The van der Waals surface area contributed by atoms with E-state index in [4.69, 9.17) is 4.74 Å². The van der Waals surface area contributed by atoms with Crippen molar-refractivity contribution in [1.29, 1.82) is 0 Å². The normalized spacial score (nSPS) is 19.0. The zero-order valence-electron chi connectivity index (χ0n) is 17.9. The molecule has 0 saturated carbocycles. The number of aryl methyl sites for hydroxylation is 2. The monoisotopic (exact) mass is 406 g/mol. The van der Waals surface area contributed by atoms with Crippen LogP contribution in [-0.4, -0.2) is 31.7 Å². The molecule has 160 valence electrons. The van der Waals surface area contributed by atoms with E-state index >= 15 is 0 Å². The summed E-state index contributed by atoms with van der Waals surface area (Å²) in [6.45, 7) is 3.51. The van der Waals surface area contributed by atoms with Crippen LogP contribution in [0.4, 0.5) is 5.69 Å². The molecule has 0 radical (unpaired) electrons.